The molecular weight excluding hydrogens is 412 g/mol. The van der Waals surface area contributed by atoms with Crippen LogP contribution >= 0.6 is 11.6 Å². The molecule has 2 aromatic carbocycles. The van der Waals surface area contributed by atoms with Crippen LogP contribution in [0.3, 0.4) is 0 Å². The summed E-state index contributed by atoms with van der Waals surface area (Å²) < 4.78 is 29.2. The Morgan fingerprint density at radius 1 is 1.17 bits per heavy atom. The first-order valence-electron chi connectivity index (χ1n) is 9.46. The molecule has 1 fully saturated rings. The predicted octanol–water partition coefficient (Wildman–Crippen LogP) is 4.34. The van der Waals surface area contributed by atoms with Gasteiger partial charge in [-0.2, -0.15) is 0 Å². The Morgan fingerprint density at radius 2 is 1.90 bits per heavy atom. The summed E-state index contributed by atoms with van der Waals surface area (Å²) in [5.41, 5.74) is 1.26. The van der Waals surface area contributed by atoms with Crippen molar-refractivity contribution in [3.05, 3.63) is 76.2 Å². The minimum atomic E-state index is -0.733. The van der Waals surface area contributed by atoms with Gasteiger partial charge in [-0.05, 0) is 43.2 Å². The average molecular weight is 430 g/mol. The Hall–Kier alpha value is -3.06. The van der Waals surface area contributed by atoms with E-state index >= 15 is 0 Å². The van der Waals surface area contributed by atoms with Crippen LogP contribution in [-0.2, 0) is 4.79 Å². The third-order valence-electron chi connectivity index (χ3n) is 5.41. The third-order valence-corrected chi connectivity index (χ3v) is 5.73. The molecule has 5 nitrogen and oxygen atoms in total. The zero-order chi connectivity index (χ0) is 21.4. The van der Waals surface area contributed by atoms with Gasteiger partial charge in [0, 0.05) is 36.3 Å². The van der Waals surface area contributed by atoms with Crippen molar-refractivity contribution < 1.29 is 13.6 Å². The van der Waals surface area contributed by atoms with E-state index in [1.165, 1.54) is 18.3 Å². The molecule has 0 aliphatic carbocycles. The van der Waals surface area contributed by atoms with Crippen LogP contribution in [0.15, 0.2) is 54.0 Å². The molecule has 1 amide bonds. The van der Waals surface area contributed by atoms with Gasteiger partial charge in [-0.1, -0.05) is 18.2 Å². The maximum Gasteiger partial charge on any atom is 0.269 e. The second-order valence-corrected chi connectivity index (χ2v) is 7.58. The first kappa shape index (κ1) is 20.2. The standard InChI is InChI=1S/C22H18ClF2N3O2/c1-2-21(29)27-7-5-14(6-8-27)28-20-11-17(23)16(10-19(20)26-12-22(28)30)15-4-3-13(24)9-18(15)25/h2-4,9-12,14H,1,5-8H2. The lowest BCUT2D eigenvalue weighted by atomic mass is 10.0. The van der Waals surface area contributed by atoms with Gasteiger partial charge in [0.15, 0.2) is 0 Å². The molecule has 0 spiro atoms. The lowest BCUT2D eigenvalue weighted by Gasteiger charge is -2.32. The van der Waals surface area contributed by atoms with E-state index in [9.17, 15) is 18.4 Å². The van der Waals surface area contributed by atoms with Crippen molar-refractivity contribution in [3.8, 4) is 11.1 Å². The highest BCUT2D eigenvalue weighted by atomic mass is 35.5. The van der Waals surface area contributed by atoms with Gasteiger partial charge in [0.1, 0.15) is 11.6 Å². The zero-order valence-electron chi connectivity index (χ0n) is 15.9. The number of amides is 1. The predicted molar refractivity (Wildman–Crippen MR) is 111 cm³/mol. The van der Waals surface area contributed by atoms with Gasteiger partial charge in [0.05, 0.1) is 22.3 Å². The normalized spacial score (nSPS) is 14.8. The van der Waals surface area contributed by atoms with E-state index in [0.29, 0.717) is 42.5 Å². The fraction of sp³-hybridized carbons (Fsp3) is 0.227. The number of hydrogen-bond donors (Lipinski definition) is 0. The molecule has 0 unspecified atom stereocenters. The van der Waals surface area contributed by atoms with Crippen LogP contribution in [0.1, 0.15) is 18.9 Å². The molecule has 1 aliphatic heterocycles. The van der Waals surface area contributed by atoms with Crippen LogP contribution in [0.25, 0.3) is 22.2 Å². The van der Waals surface area contributed by atoms with Gasteiger partial charge in [-0.15, -0.1) is 0 Å². The second-order valence-electron chi connectivity index (χ2n) is 7.17. The molecule has 8 heteroatoms. The minimum Gasteiger partial charge on any atom is -0.339 e. The van der Waals surface area contributed by atoms with Gasteiger partial charge >= 0.3 is 0 Å². The molecule has 154 valence electrons. The van der Waals surface area contributed by atoms with E-state index in [2.05, 4.69) is 11.6 Å². The van der Waals surface area contributed by atoms with Gasteiger partial charge in [0.25, 0.3) is 5.56 Å². The van der Waals surface area contributed by atoms with Crippen molar-refractivity contribution in [3.63, 3.8) is 0 Å². The van der Waals surface area contributed by atoms with E-state index in [0.717, 1.165) is 12.1 Å². The molecule has 0 bridgehead atoms. The fourth-order valence-corrected chi connectivity index (χ4v) is 4.18. The highest BCUT2D eigenvalue weighted by molar-refractivity contribution is 6.34. The second kappa shape index (κ2) is 7.99. The number of benzene rings is 2. The molecule has 30 heavy (non-hydrogen) atoms. The number of carbonyl (C=O) groups is 1. The van der Waals surface area contributed by atoms with Gasteiger partial charge in [-0.3, -0.25) is 9.59 Å². The summed E-state index contributed by atoms with van der Waals surface area (Å²) >= 11 is 6.43. The largest absolute Gasteiger partial charge is 0.339 e. The molecule has 1 saturated heterocycles. The van der Waals surface area contributed by atoms with Crippen molar-refractivity contribution in [2.24, 2.45) is 0 Å². The molecule has 0 N–H and O–H groups in total. The summed E-state index contributed by atoms with van der Waals surface area (Å²) in [6, 6.07) is 6.33. The third kappa shape index (κ3) is 3.61. The molecule has 2 heterocycles. The molecule has 0 atom stereocenters. The van der Waals surface area contributed by atoms with Crippen LogP contribution in [0.4, 0.5) is 8.78 Å². The number of hydrogen-bond acceptors (Lipinski definition) is 3. The first-order valence-corrected chi connectivity index (χ1v) is 9.84. The Morgan fingerprint density at radius 3 is 2.57 bits per heavy atom. The summed E-state index contributed by atoms with van der Waals surface area (Å²) in [5.74, 6) is -1.54. The van der Waals surface area contributed by atoms with Crippen LogP contribution in [0.5, 0.6) is 0 Å². The summed E-state index contributed by atoms with van der Waals surface area (Å²) in [6.45, 7) is 4.53. The molecule has 1 aliphatic rings. The zero-order valence-corrected chi connectivity index (χ0v) is 16.7. The monoisotopic (exact) mass is 429 g/mol. The van der Waals surface area contributed by atoms with E-state index in [-0.39, 0.29) is 28.1 Å². The van der Waals surface area contributed by atoms with Crippen molar-refractivity contribution in [1.29, 1.82) is 0 Å². The topological polar surface area (TPSA) is 55.2 Å². The number of aromatic nitrogens is 2. The highest BCUT2D eigenvalue weighted by Gasteiger charge is 2.25. The van der Waals surface area contributed by atoms with Crippen molar-refractivity contribution >= 4 is 28.5 Å². The van der Waals surface area contributed by atoms with Gasteiger partial charge in [-0.25, -0.2) is 13.8 Å². The Kier molecular flexibility index (Phi) is 5.39. The number of carbonyl (C=O) groups excluding carboxylic acids is 1. The summed E-state index contributed by atoms with van der Waals surface area (Å²) in [6.07, 6.45) is 3.71. The summed E-state index contributed by atoms with van der Waals surface area (Å²) in [4.78, 5) is 30.3. The van der Waals surface area contributed by atoms with Crippen LogP contribution in [0.2, 0.25) is 5.02 Å². The molecule has 1 aromatic heterocycles. The van der Waals surface area contributed by atoms with E-state index in [4.69, 9.17) is 11.6 Å². The van der Waals surface area contributed by atoms with Crippen LogP contribution in [-0.4, -0.2) is 33.4 Å². The van der Waals surface area contributed by atoms with Crippen molar-refractivity contribution in [1.82, 2.24) is 14.5 Å². The van der Waals surface area contributed by atoms with E-state index in [1.807, 2.05) is 0 Å². The highest BCUT2D eigenvalue weighted by Crippen LogP contribution is 2.34. The smallest absolute Gasteiger partial charge is 0.269 e. The number of fused-ring (bicyclic) bond motifs is 1. The number of piperidine rings is 1. The molecule has 0 saturated carbocycles. The molecule has 0 radical (unpaired) electrons. The Bertz CT molecular complexity index is 1220. The number of likely N-dealkylation sites (tertiary alicyclic amines) is 1. The molecule has 3 aromatic rings. The number of halogens is 3. The lowest BCUT2D eigenvalue weighted by molar-refractivity contribution is -0.127. The van der Waals surface area contributed by atoms with E-state index in [1.54, 1.807) is 21.6 Å². The maximum absolute atomic E-state index is 14.3. The maximum atomic E-state index is 14.3. The summed E-state index contributed by atoms with van der Waals surface area (Å²) in [5, 5.41) is 0.230. The average Bonchev–Trinajstić information content (AvgIpc) is 2.73. The van der Waals surface area contributed by atoms with Gasteiger partial charge < -0.3 is 9.47 Å². The number of nitrogens with zero attached hydrogens (tertiary/aromatic N) is 3. The Balaban J connectivity index is 1.76. The van der Waals surface area contributed by atoms with Gasteiger partial charge in [0.2, 0.25) is 5.91 Å². The van der Waals surface area contributed by atoms with Crippen molar-refractivity contribution in [2.45, 2.75) is 18.9 Å². The first-order chi connectivity index (χ1) is 14.4. The minimum absolute atomic E-state index is 0.124. The Labute approximate surface area is 176 Å². The quantitative estimate of drug-likeness (QED) is 0.582. The molecular formula is C22H18ClF2N3O2. The van der Waals surface area contributed by atoms with Crippen LogP contribution < -0.4 is 5.56 Å². The van der Waals surface area contributed by atoms with E-state index < -0.39 is 11.6 Å². The lowest BCUT2D eigenvalue weighted by Crippen LogP contribution is -2.40. The summed E-state index contributed by atoms with van der Waals surface area (Å²) in [7, 11) is 0. The fourth-order valence-electron chi connectivity index (χ4n) is 3.92. The van der Waals surface area contributed by atoms with Crippen molar-refractivity contribution in [2.75, 3.05) is 13.1 Å². The molecule has 4 rings (SSSR count). The SMILES string of the molecule is C=CC(=O)N1CCC(n2c(=O)cnc3cc(-c4ccc(F)cc4F)c(Cl)cc32)CC1. The van der Waals surface area contributed by atoms with Crippen LogP contribution in [0, 0.1) is 11.6 Å². The number of rotatable bonds is 3.